The molecular formula is C18H17ClO4. The van der Waals surface area contributed by atoms with Crippen molar-refractivity contribution in [2.75, 3.05) is 7.11 Å². The maximum Gasteiger partial charge on any atom is 0.315 e. The zero-order chi connectivity index (χ0) is 17.0. The number of esters is 1. The van der Waals surface area contributed by atoms with Crippen LogP contribution >= 0.6 is 11.6 Å². The van der Waals surface area contributed by atoms with Crippen LogP contribution in [0.15, 0.2) is 36.4 Å². The molecule has 0 aromatic heterocycles. The zero-order valence-electron chi connectivity index (χ0n) is 13.2. The van der Waals surface area contributed by atoms with E-state index in [2.05, 4.69) is 0 Å². The molecule has 0 aliphatic rings. The normalized spacial score (nSPS) is 10.3. The van der Waals surface area contributed by atoms with E-state index in [9.17, 15) is 9.59 Å². The summed E-state index contributed by atoms with van der Waals surface area (Å²) in [5, 5.41) is 0.582. The lowest BCUT2D eigenvalue weighted by Crippen LogP contribution is -2.13. The van der Waals surface area contributed by atoms with E-state index in [-0.39, 0.29) is 12.2 Å². The van der Waals surface area contributed by atoms with Crippen molar-refractivity contribution < 1.29 is 19.1 Å². The smallest absolute Gasteiger partial charge is 0.315 e. The topological polar surface area (TPSA) is 52.6 Å². The van der Waals surface area contributed by atoms with Crippen LogP contribution in [0.2, 0.25) is 5.02 Å². The molecule has 4 nitrogen and oxygen atoms in total. The summed E-state index contributed by atoms with van der Waals surface area (Å²) in [5.74, 6) is 0.492. The summed E-state index contributed by atoms with van der Waals surface area (Å²) in [6.45, 7) is 3.28. The summed E-state index contributed by atoms with van der Waals surface area (Å²) in [5.41, 5.74) is 1.91. The van der Waals surface area contributed by atoms with Crippen molar-refractivity contribution in [2.24, 2.45) is 0 Å². The predicted octanol–water partition coefficient (Wildman–Crippen LogP) is 4.01. The highest BCUT2D eigenvalue weighted by atomic mass is 35.5. The highest BCUT2D eigenvalue weighted by Gasteiger charge is 2.14. The van der Waals surface area contributed by atoms with Gasteiger partial charge < -0.3 is 9.47 Å². The lowest BCUT2D eigenvalue weighted by Gasteiger charge is -2.11. The van der Waals surface area contributed by atoms with E-state index in [4.69, 9.17) is 21.1 Å². The molecule has 0 spiro atoms. The molecule has 0 amide bonds. The monoisotopic (exact) mass is 332 g/mol. The number of carbonyl (C=O) groups is 2. The molecule has 120 valence electrons. The number of ether oxygens (including phenoxy) is 2. The molecule has 0 atom stereocenters. The van der Waals surface area contributed by atoms with Gasteiger partial charge in [-0.2, -0.15) is 0 Å². The van der Waals surface area contributed by atoms with Crippen LogP contribution in [0.4, 0.5) is 0 Å². The van der Waals surface area contributed by atoms with Crippen molar-refractivity contribution in [3.8, 4) is 11.5 Å². The van der Waals surface area contributed by atoms with Crippen molar-refractivity contribution in [2.45, 2.75) is 20.3 Å². The largest absolute Gasteiger partial charge is 0.496 e. The maximum atomic E-state index is 12.2. The van der Waals surface area contributed by atoms with Gasteiger partial charge in [0.05, 0.1) is 13.5 Å². The van der Waals surface area contributed by atoms with Crippen molar-refractivity contribution >= 4 is 23.4 Å². The lowest BCUT2D eigenvalue weighted by atomic mass is 10.0. The van der Waals surface area contributed by atoms with Crippen molar-refractivity contribution in [1.29, 1.82) is 0 Å². The van der Waals surface area contributed by atoms with Crippen molar-refractivity contribution in [1.82, 2.24) is 0 Å². The van der Waals surface area contributed by atoms with Gasteiger partial charge in [-0.3, -0.25) is 9.59 Å². The summed E-state index contributed by atoms with van der Waals surface area (Å²) in [4.78, 5) is 23.7. The minimum Gasteiger partial charge on any atom is -0.496 e. The number of hydrogen-bond donors (Lipinski definition) is 0. The molecule has 0 aliphatic carbocycles. The minimum absolute atomic E-state index is 0.00631. The molecule has 0 unspecified atom stereocenters. The Morgan fingerprint density at radius 2 is 1.78 bits per heavy atom. The molecule has 0 saturated carbocycles. The van der Waals surface area contributed by atoms with Gasteiger partial charge in [0.2, 0.25) is 0 Å². The van der Waals surface area contributed by atoms with E-state index in [0.29, 0.717) is 27.6 Å². The van der Waals surface area contributed by atoms with Gasteiger partial charge in [0.15, 0.2) is 5.78 Å². The predicted molar refractivity (Wildman–Crippen MR) is 88.5 cm³/mol. The molecule has 0 radical (unpaired) electrons. The fourth-order valence-electron chi connectivity index (χ4n) is 2.18. The third-order valence-electron chi connectivity index (χ3n) is 3.38. The summed E-state index contributed by atoms with van der Waals surface area (Å²) in [6.07, 6.45) is 0.00631. The lowest BCUT2D eigenvalue weighted by molar-refractivity contribution is -0.133. The Labute approximate surface area is 140 Å². The number of halogens is 1. The highest BCUT2D eigenvalue weighted by Crippen LogP contribution is 2.24. The van der Waals surface area contributed by atoms with Crippen LogP contribution in [0.1, 0.15) is 28.4 Å². The van der Waals surface area contributed by atoms with Crippen LogP contribution in [0.3, 0.4) is 0 Å². The van der Waals surface area contributed by atoms with Crippen LogP contribution in [0.25, 0.3) is 0 Å². The molecule has 0 N–H and O–H groups in total. The van der Waals surface area contributed by atoms with Gasteiger partial charge in [0.1, 0.15) is 11.5 Å². The van der Waals surface area contributed by atoms with Gasteiger partial charge in [-0.05, 0) is 55.8 Å². The number of aryl methyl sites for hydroxylation is 1. The van der Waals surface area contributed by atoms with Gasteiger partial charge in [-0.25, -0.2) is 0 Å². The molecule has 0 saturated heterocycles. The first-order valence-electron chi connectivity index (χ1n) is 7.05. The number of ketones is 1. The molecular weight excluding hydrogens is 316 g/mol. The van der Waals surface area contributed by atoms with E-state index in [0.717, 1.165) is 5.56 Å². The van der Waals surface area contributed by atoms with Gasteiger partial charge in [-0.1, -0.05) is 11.6 Å². The molecule has 2 rings (SSSR count). The average Bonchev–Trinajstić information content (AvgIpc) is 2.50. The van der Waals surface area contributed by atoms with Crippen molar-refractivity contribution in [3.63, 3.8) is 0 Å². The van der Waals surface area contributed by atoms with Gasteiger partial charge in [-0.15, -0.1) is 0 Å². The Morgan fingerprint density at radius 3 is 2.39 bits per heavy atom. The summed E-state index contributed by atoms with van der Waals surface area (Å²) in [7, 11) is 1.51. The standard InChI is InChI=1S/C18H17ClO4/c1-11-8-15(19)5-7-16(11)23-18(21)10-14-9-13(12(2)20)4-6-17(14)22-3/h4-9H,10H2,1-3H3. The van der Waals surface area contributed by atoms with E-state index in [1.807, 2.05) is 6.92 Å². The molecule has 0 aliphatic heterocycles. The third-order valence-corrected chi connectivity index (χ3v) is 3.62. The van der Waals surface area contributed by atoms with Crippen LogP contribution < -0.4 is 9.47 Å². The summed E-state index contributed by atoms with van der Waals surface area (Å²) < 4.78 is 10.6. The van der Waals surface area contributed by atoms with E-state index >= 15 is 0 Å². The quantitative estimate of drug-likeness (QED) is 0.471. The number of methoxy groups -OCH3 is 1. The molecule has 0 heterocycles. The fourth-order valence-corrected chi connectivity index (χ4v) is 2.40. The Balaban J connectivity index is 2.19. The number of benzene rings is 2. The third kappa shape index (κ3) is 4.33. The van der Waals surface area contributed by atoms with E-state index in [1.165, 1.54) is 14.0 Å². The SMILES string of the molecule is COc1ccc(C(C)=O)cc1CC(=O)Oc1ccc(Cl)cc1C. The molecule has 5 heteroatoms. The van der Waals surface area contributed by atoms with Gasteiger partial charge in [0, 0.05) is 16.1 Å². The maximum absolute atomic E-state index is 12.2. The Kier molecular flexibility index (Phi) is 5.40. The number of carbonyl (C=O) groups excluding carboxylic acids is 2. The van der Waals surface area contributed by atoms with Gasteiger partial charge in [0.25, 0.3) is 0 Å². The number of rotatable bonds is 5. The first-order valence-corrected chi connectivity index (χ1v) is 7.43. The zero-order valence-corrected chi connectivity index (χ0v) is 13.9. The fraction of sp³-hybridized carbons (Fsp3) is 0.222. The van der Waals surface area contributed by atoms with Crippen molar-refractivity contribution in [3.05, 3.63) is 58.1 Å². The Hall–Kier alpha value is -2.33. The van der Waals surface area contributed by atoms with Crippen LogP contribution in [-0.4, -0.2) is 18.9 Å². The first-order chi connectivity index (χ1) is 10.9. The molecule has 0 bridgehead atoms. The Morgan fingerprint density at radius 1 is 1.09 bits per heavy atom. The summed E-state index contributed by atoms with van der Waals surface area (Å²) >= 11 is 5.88. The molecule has 23 heavy (non-hydrogen) atoms. The molecule has 0 fully saturated rings. The second kappa shape index (κ2) is 7.29. The first kappa shape index (κ1) is 17.0. The second-order valence-electron chi connectivity index (χ2n) is 5.14. The summed E-state index contributed by atoms with van der Waals surface area (Å²) in [6, 6.07) is 10.0. The minimum atomic E-state index is -0.436. The number of Topliss-reactive ketones (excluding diaryl/α,β-unsaturated/α-hetero) is 1. The molecule has 2 aromatic rings. The number of hydrogen-bond acceptors (Lipinski definition) is 4. The highest BCUT2D eigenvalue weighted by molar-refractivity contribution is 6.30. The average molecular weight is 333 g/mol. The Bertz CT molecular complexity index is 753. The van der Waals surface area contributed by atoms with Gasteiger partial charge >= 0.3 is 5.97 Å². The molecule has 2 aromatic carbocycles. The van der Waals surface area contributed by atoms with Crippen LogP contribution in [0.5, 0.6) is 11.5 Å². The van der Waals surface area contributed by atoms with Crippen LogP contribution in [-0.2, 0) is 11.2 Å². The second-order valence-corrected chi connectivity index (χ2v) is 5.58. The van der Waals surface area contributed by atoms with E-state index in [1.54, 1.807) is 36.4 Å². The van der Waals surface area contributed by atoms with Crippen LogP contribution in [0, 0.1) is 6.92 Å². The van der Waals surface area contributed by atoms with E-state index < -0.39 is 5.97 Å².